The molecular weight excluding hydrogens is 261 g/mol. The van der Waals surface area contributed by atoms with E-state index in [0.29, 0.717) is 0 Å². The van der Waals surface area contributed by atoms with E-state index in [1.54, 1.807) is 0 Å². The van der Waals surface area contributed by atoms with Crippen LogP contribution in [0.3, 0.4) is 0 Å². The zero-order valence-electron chi connectivity index (χ0n) is 4.96. The topological polar surface area (TPSA) is 68.3 Å². The van der Waals surface area contributed by atoms with Crippen molar-refractivity contribution < 1.29 is 24.6 Å². The van der Waals surface area contributed by atoms with Crippen molar-refractivity contribution in [3.05, 3.63) is 8.73 Å². The average Bonchev–Trinajstić information content (AvgIpc) is 1.80. The second kappa shape index (κ2) is 3.44. The Morgan fingerprint density at radius 2 is 1.00 bits per heavy atom. The third-order valence-electron chi connectivity index (χ3n) is 0.583. The van der Waals surface area contributed by atoms with Gasteiger partial charge in [-0.1, -0.05) is 31.0 Å². The van der Waals surface area contributed by atoms with Crippen molar-refractivity contribution in [2.24, 2.45) is 0 Å². The molecule has 0 aromatic carbocycles. The van der Waals surface area contributed by atoms with Crippen LogP contribution in [0.15, 0.2) is 8.73 Å². The smallest absolute Gasteiger partial charge is 0.188 e. The third-order valence-corrected chi connectivity index (χ3v) is 3.78. The fourth-order valence-electron chi connectivity index (χ4n) is 0.192. The van der Waals surface area contributed by atoms with Crippen LogP contribution in [0.1, 0.15) is 0 Å². The maximum absolute atomic E-state index is 11.8. The van der Waals surface area contributed by atoms with E-state index in [1.807, 2.05) is 0 Å². The molecule has 0 aromatic rings. The SMILES string of the molecule is O=S(=O)(F)C(Cl)=C(Cl)S(=O)(=O)F. The lowest BCUT2D eigenvalue weighted by Crippen LogP contribution is -1.98. The summed E-state index contributed by atoms with van der Waals surface area (Å²) >= 11 is 9.12. The molecule has 0 bridgehead atoms. The summed E-state index contributed by atoms with van der Waals surface area (Å²) < 4.78 is 59.3. The summed E-state index contributed by atoms with van der Waals surface area (Å²) in [6.07, 6.45) is 0. The van der Waals surface area contributed by atoms with Crippen molar-refractivity contribution in [3.8, 4) is 0 Å². The van der Waals surface area contributed by atoms with Crippen LogP contribution < -0.4 is 0 Å². The number of hydrogen-bond donors (Lipinski definition) is 0. The van der Waals surface area contributed by atoms with Gasteiger partial charge in [0.2, 0.25) is 0 Å². The Kier molecular flexibility index (Phi) is 3.47. The summed E-state index contributed by atoms with van der Waals surface area (Å²) in [4.78, 5) is 0. The Balaban J connectivity index is 5.58. The van der Waals surface area contributed by atoms with Crippen molar-refractivity contribution >= 4 is 43.6 Å². The highest BCUT2D eigenvalue weighted by Gasteiger charge is 2.26. The average molecular weight is 261 g/mol. The van der Waals surface area contributed by atoms with Gasteiger partial charge in [-0.15, -0.1) is 0 Å². The van der Waals surface area contributed by atoms with Crippen LogP contribution in [0, 0.1) is 0 Å². The zero-order chi connectivity index (χ0) is 10.2. The highest BCUT2D eigenvalue weighted by molar-refractivity contribution is 7.96. The summed E-state index contributed by atoms with van der Waals surface area (Å²) in [5, 5.41) is 0. The lowest BCUT2D eigenvalue weighted by molar-refractivity contribution is 0.556. The lowest BCUT2D eigenvalue weighted by atomic mass is 11.2. The maximum atomic E-state index is 11.8. The first kappa shape index (κ1) is 12.1. The molecule has 0 heterocycles. The largest absolute Gasteiger partial charge is 0.345 e. The van der Waals surface area contributed by atoms with Gasteiger partial charge in [0.25, 0.3) is 0 Å². The molecule has 0 aliphatic carbocycles. The number of halogens is 4. The summed E-state index contributed by atoms with van der Waals surface area (Å²) in [6, 6.07) is 0. The molecule has 4 nitrogen and oxygen atoms in total. The summed E-state index contributed by atoms with van der Waals surface area (Å²) in [7, 11) is -11.0. The molecule has 0 spiro atoms. The van der Waals surface area contributed by atoms with Crippen LogP contribution in [-0.2, 0) is 20.4 Å². The lowest BCUT2D eigenvalue weighted by Gasteiger charge is -1.92. The van der Waals surface area contributed by atoms with Gasteiger partial charge in [0.1, 0.15) is 0 Å². The molecular formula is C2Cl2F2O4S2. The highest BCUT2D eigenvalue weighted by Crippen LogP contribution is 2.26. The van der Waals surface area contributed by atoms with Crippen LogP contribution >= 0.6 is 23.2 Å². The molecule has 0 fully saturated rings. The normalized spacial score (nSPS) is 15.7. The van der Waals surface area contributed by atoms with Gasteiger partial charge in [-0.2, -0.15) is 16.8 Å². The van der Waals surface area contributed by atoms with E-state index in [4.69, 9.17) is 0 Å². The Bertz CT molecular complexity index is 366. The molecule has 0 saturated heterocycles. The molecule has 0 aliphatic heterocycles. The van der Waals surface area contributed by atoms with Crippen LogP contribution in [0.2, 0.25) is 0 Å². The second-order valence-electron chi connectivity index (χ2n) is 1.42. The van der Waals surface area contributed by atoms with Crippen molar-refractivity contribution in [1.82, 2.24) is 0 Å². The molecule has 10 heteroatoms. The summed E-state index contributed by atoms with van der Waals surface area (Å²) in [5.41, 5.74) is 0. The highest BCUT2D eigenvalue weighted by atomic mass is 35.5. The minimum Gasteiger partial charge on any atom is -0.188 e. The molecule has 0 aliphatic rings. The predicted octanol–water partition coefficient (Wildman–Crippen LogP) is 1.19. The van der Waals surface area contributed by atoms with Gasteiger partial charge in [0.15, 0.2) is 8.73 Å². The Morgan fingerprint density at radius 1 is 0.833 bits per heavy atom. The fraction of sp³-hybridized carbons (Fsp3) is 0. The van der Waals surface area contributed by atoms with E-state index in [9.17, 15) is 24.6 Å². The molecule has 0 saturated carbocycles. The Labute approximate surface area is 77.2 Å². The molecule has 72 valence electrons. The molecule has 0 radical (unpaired) electrons. The van der Waals surface area contributed by atoms with Crippen molar-refractivity contribution in [3.63, 3.8) is 0 Å². The van der Waals surface area contributed by atoms with Crippen LogP contribution in [0.25, 0.3) is 0 Å². The summed E-state index contributed by atoms with van der Waals surface area (Å²) in [6.45, 7) is 0. The molecule has 12 heavy (non-hydrogen) atoms. The molecule has 0 rings (SSSR count). The quantitative estimate of drug-likeness (QED) is 0.700. The first-order chi connectivity index (χ1) is 5.07. The Morgan fingerprint density at radius 3 is 1.08 bits per heavy atom. The second-order valence-corrected chi connectivity index (χ2v) is 5.20. The van der Waals surface area contributed by atoms with Crippen molar-refractivity contribution in [2.45, 2.75) is 0 Å². The molecule has 0 aromatic heterocycles. The molecule has 0 atom stereocenters. The standard InChI is InChI=1S/C2Cl2F2O4S2/c3-1(11(5,7)8)2(4)12(6,9)10. The van der Waals surface area contributed by atoms with Crippen LogP contribution in [0.4, 0.5) is 7.77 Å². The van der Waals surface area contributed by atoms with Gasteiger partial charge in [-0.3, -0.25) is 0 Å². The first-order valence-electron chi connectivity index (χ1n) is 2.01. The van der Waals surface area contributed by atoms with E-state index >= 15 is 0 Å². The van der Waals surface area contributed by atoms with Gasteiger partial charge in [0, 0.05) is 0 Å². The van der Waals surface area contributed by atoms with E-state index in [2.05, 4.69) is 23.2 Å². The van der Waals surface area contributed by atoms with E-state index in [-0.39, 0.29) is 0 Å². The van der Waals surface area contributed by atoms with Crippen LogP contribution in [-0.4, -0.2) is 16.8 Å². The molecule has 0 N–H and O–H groups in total. The molecule has 0 amide bonds. The number of hydrogen-bond acceptors (Lipinski definition) is 4. The minimum absolute atomic E-state index is 1.90. The van der Waals surface area contributed by atoms with Crippen molar-refractivity contribution in [2.75, 3.05) is 0 Å². The van der Waals surface area contributed by atoms with E-state index in [1.165, 1.54) is 0 Å². The first-order valence-corrected chi connectivity index (χ1v) is 5.53. The minimum atomic E-state index is -5.49. The zero-order valence-corrected chi connectivity index (χ0v) is 8.11. The van der Waals surface area contributed by atoms with Crippen LogP contribution in [0.5, 0.6) is 0 Å². The fourth-order valence-corrected chi connectivity index (χ4v) is 1.73. The summed E-state index contributed by atoms with van der Waals surface area (Å²) in [5.74, 6) is 0. The van der Waals surface area contributed by atoms with Gasteiger partial charge in [-0.05, 0) is 0 Å². The third kappa shape index (κ3) is 3.21. The van der Waals surface area contributed by atoms with Gasteiger partial charge >= 0.3 is 20.4 Å². The van der Waals surface area contributed by atoms with Gasteiger partial charge in [-0.25, -0.2) is 0 Å². The predicted molar refractivity (Wildman–Crippen MR) is 38.8 cm³/mol. The maximum Gasteiger partial charge on any atom is 0.345 e. The Hall–Kier alpha value is 0.0800. The van der Waals surface area contributed by atoms with Crippen molar-refractivity contribution in [1.29, 1.82) is 0 Å². The molecule has 0 unspecified atom stereocenters. The number of rotatable bonds is 2. The monoisotopic (exact) mass is 260 g/mol. The van der Waals surface area contributed by atoms with E-state index in [0.717, 1.165) is 0 Å². The van der Waals surface area contributed by atoms with E-state index < -0.39 is 29.2 Å². The van der Waals surface area contributed by atoms with Gasteiger partial charge < -0.3 is 0 Å². The van der Waals surface area contributed by atoms with Gasteiger partial charge in [0.05, 0.1) is 0 Å².